The van der Waals surface area contributed by atoms with E-state index < -0.39 is 0 Å². The number of aromatic nitrogens is 2. The summed E-state index contributed by atoms with van der Waals surface area (Å²) in [6.07, 6.45) is 1.58. The van der Waals surface area contributed by atoms with Crippen LogP contribution in [0.2, 0.25) is 0 Å². The van der Waals surface area contributed by atoms with Crippen molar-refractivity contribution in [2.75, 3.05) is 0 Å². The molecule has 0 amide bonds. The van der Waals surface area contributed by atoms with Gasteiger partial charge in [-0.1, -0.05) is 23.9 Å². The summed E-state index contributed by atoms with van der Waals surface area (Å²) < 4.78 is 16.4. The highest BCUT2D eigenvalue weighted by Gasteiger charge is 2.15. The lowest BCUT2D eigenvalue weighted by Crippen LogP contribution is -2.01. The van der Waals surface area contributed by atoms with Crippen LogP contribution in [-0.2, 0) is 5.75 Å². The first-order valence-electron chi connectivity index (χ1n) is 8.06. The second-order valence-corrected chi connectivity index (χ2v) is 6.95. The van der Waals surface area contributed by atoms with Crippen molar-refractivity contribution in [2.24, 2.45) is 0 Å². The molecule has 1 aromatic carbocycles. The van der Waals surface area contributed by atoms with Gasteiger partial charge in [-0.05, 0) is 43.5 Å². The number of furan rings is 1. The largest absolute Gasteiger partial charge is 0.469 e. The topological polar surface area (TPSA) is 82.3 Å². The van der Waals surface area contributed by atoms with Crippen LogP contribution in [0.5, 0.6) is 0 Å². The normalized spacial score (nSPS) is 11.3. The van der Waals surface area contributed by atoms with E-state index in [1.54, 1.807) is 12.3 Å². The Bertz CT molecular complexity index is 1160. The fourth-order valence-corrected chi connectivity index (χ4v) is 3.52. The van der Waals surface area contributed by atoms with Gasteiger partial charge in [-0.15, -0.1) is 10.2 Å². The van der Waals surface area contributed by atoms with Gasteiger partial charge in [-0.25, -0.2) is 4.79 Å². The van der Waals surface area contributed by atoms with E-state index in [2.05, 4.69) is 10.2 Å². The fourth-order valence-electron chi connectivity index (χ4n) is 2.77. The SMILES string of the molecule is Cc1ccc2c(CSc3nnc(-c4ccoc4C)o3)cc(=O)oc2c1C. The van der Waals surface area contributed by atoms with Crippen molar-refractivity contribution in [3.8, 4) is 11.5 Å². The number of nitrogens with zero attached hydrogens (tertiary/aromatic N) is 2. The molecule has 0 aliphatic carbocycles. The molecule has 4 aromatic rings. The van der Waals surface area contributed by atoms with Gasteiger partial charge in [0.2, 0.25) is 0 Å². The van der Waals surface area contributed by atoms with Gasteiger partial charge in [0.1, 0.15) is 11.3 Å². The Hall–Kier alpha value is -2.80. The standard InChI is InChI=1S/C19H16N2O4S/c1-10-4-5-15-13(8-16(22)24-17(15)11(10)2)9-26-19-21-20-18(25-19)14-6-7-23-12(14)3/h4-8H,9H2,1-3H3. The minimum atomic E-state index is -0.359. The molecular weight excluding hydrogens is 352 g/mol. The third-order valence-electron chi connectivity index (χ3n) is 4.36. The Kier molecular flexibility index (Phi) is 4.16. The molecule has 3 aromatic heterocycles. The molecule has 7 heteroatoms. The number of thioether (sulfide) groups is 1. The van der Waals surface area contributed by atoms with Crippen LogP contribution in [0.15, 0.2) is 53.8 Å². The van der Waals surface area contributed by atoms with Crippen molar-refractivity contribution in [3.63, 3.8) is 0 Å². The zero-order valence-corrected chi connectivity index (χ0v) is 15.3. The number of rotatable bonds is 4. The van der Waals surface area contributed by atoms with Gasteiger partial charge in [0.25, 0.3) is 11.1 Å². The Balaban J connectivity index is 1.63. The van der Waals surface area contributed by atoms with E-state index in [9.17, 15) is 4.79 Å². The van der Waals surface area contributed by atoms with E-state index in [4.69, 9.17) is 13.3 Å². The van der Waals surface area contributed by atoms with Gasteiger partial charge < -0.3 is 13.3 Å². The summed E-state index contributed by atoms with van der Waals surface area (Å²) in [6.45, 7) is 5.79. The summed E-state index contributed by atoms with van der Waals surface area (Å²) in [5, 5.41) is 9.48. The van der Waals surface area contributed by atoms with Crippen molar-refractivity contribution in [2.45, 2.75) is 31.7 Å². The minimum absolute atomic E-state index is 0.359. The molecule has 132 valence electrons. The molecule has 0 saturated heterocycles. The maximum Gasteiger partial charge on any atom is 0.336 e. The fraction of sp³-hybridized carbons (Fsp3) is 0.211. The summed E-state index contributed by atoms with van der Waals surface area (Å²) in [6, 6.07) is 7.31. The van der Waals surface area contributed by atoms with Gasteiger partial charge in [0.15, 0.2) is 0 Å². The van der Waals surface area contributed by atoms with E-state index in [0.29, 0.717) is 22.4 Å². The molecule has 0 fully saturated rings. The van der Waals surface area contributed by atoms with Crippen LogP contribution < -0.4 is 5.63 Å². The molecule has 0 aliphatic rings. The molecule has 0 radical (unpaired) electrons. The first kappa shape index (κ1) is 16.7. The first-order valence-corrected chi connectivity index (χ1v) is 9.05. The third-order valence-corrected chi connectivity index (χ3v) is 5.23. The van der Waals surface area contributed by atoms with E-state index >= 15 is 0 Å². The molecular formula is C19H16N2O4S. The quantitative estimate of drug-likeness (QED) is 0.383. The Morgan fingerprint density at radius 3 is 2.69 bits per heavy atom. The van der Waals surface area contributed by atoms with Crippen LogP contribution in [0.3, 0.4) is 0 Å². The summed E-state index contributed by atoms with van der Waals surface area (Å²) in [5.74, 6) is 1.67. The number of benzene rings is 1. The summed E-state index contributed by atoms with van der Waals surface area (Å²) in [4.78, 5) is 11.9. The molecule has 0 N–H and O–H groups in total. The van der Waals surface area contributed by atoms with E-state index in [-0.39, 0.29) is 5.63 Å². The highest BCUT2D eigenvalue weighted by Crippen LogP contribution is 2.30. The van der Waals surface area contributed by atoms with Crippen LogP contribution in [0.25, 0.3) is 22.4 Å². The van der Waals surface area contributed by atoms with Crippen LogP contribution in [-0.4, -0.2) is 10.2 Å². The highest BCUT2D eigenvalue weighted by atomic mass is 32.2. The zero-order chi connectivity index (χ0) is 18.3. The molecule has 0 spiro atoms. The van der Waals surface area contributed by atoms with Gasteiger partial charge >= 0.3 is 5.63 Å². The highest BCUT2D eigenvalue weighted by molar-refractivity contribution is 7.98. The smallest absolute Gasteiger partial charge is 0.336 e. The average molecular weight is 368 g/mol. The average Bonchev–Trinajstić information content (AvgIpc) is 3.25. The van der Waals surface area contributed by atoms with Crippen molar-refractivity contribution in [3.05, 3.63) is 63.4 Å². The maximum absolute atomic E-state index is 11.9. The second-order valence-electron chi connectivity index (χ2n) is 6.03. The van der Waals surface area contributed by atoms with Gasteiger partial charge in [0, 0.05) is 17.2 Å². The van der Waals surface area contributed by atoms with E-state index in [1.165, 1.54) is 17.8 Å². The predicted molar refractivity (Wildman–Crippen MR) is 98.3 cm³/mol. The number of hydrogen-bond acceptors (Lipinski definition) is 7. The minimum Gasteiger partial charge on any atom is -0.469 e. The predicted octanol–water partition coefficient (Wildman–Crippen LogP) is 4.65. The zero-order valence-electron chi connectivity index (χ0n) is 14.5. The lowest BCUT2D eigenvalue weighted by molar-refractivity contribution is 0.463. The lowest BCUT2D eigenvalue weighted by atomic mass is 10.0. The van der Waals surface area contributed by atoms with E-state index in [1.807, 2.05) is 32.9 Å². The molecule has 6 nitrogen and oxygen atoms in total. The van der Waals surface area contributed by atoms with Gasteiger partial charge in [-0.2, -0.15) is 0 Å². The number of aryl methyl sites for hydroxylation is 3. The molecule has 0 aliphatic heterocycles. The molecule has 0 unspecified atom stereocenters. The molecule has 3 heterocycles. The van der Waals surface area contributed by atoms with Crippen molar-refractivity contribution in [1.82, 2.24) is 10.2 Å². The van der Waals surface area contributed by atoms with Crippen molar-refractivity contribution < 1.29 is 13.3 Å². The van der Waals surface area contributed by atoms with Gasteiger partial charge in [-0.3, -0.25) is 0 Å². The first-order chi connectivity index (χ1) is 12.5. The van der Waals surface area contributed by atoms with Crippen molar-refractivity contribution >= 4 is 22.7 Å². The number of hydrogen-bond donors (Lipinski definition) is 0. The molecule has 4 rings (SSSR count). The number of fused-ring (bicyclic) bond motifs is 1. The molecule has 0 saturated carbocycles. The lowest BCUT2D eigenvalue weighted by Gasteiger charge is -2.07. The summed E-state index contributed by atoms with van der Waals surface area (Å²) >= 11 is 1.38. The molecule has 26 heavy (non-hydrogen) atoms. The second kappa shape index (κ2) is 6.49. The monoisotopic (exact) mass is 368 g/mol. The van der Waals surface area contributed by atoms with E-state index in [0.717, 1.165) is 33.4 Å². The van der Waals surface area contributed by atoms with Crippen LogP contribution >= 0.6 is 11.8 Å². The van der Waals surface area contributed by atoms with Crippen LogP contribution in [0.1, 0.15) is 22.5 Å². The third kappa shape index (κ3) is 2.94. The summed E-state index contributed by atoms with van der Waals surface area (Å²) in [7, 11) is 0. The Morgan fingerprint density at radius 2 is 1.92 bits per heavy atom. The summed E-state index contributed by atoms with van der Waals surface area (Å²) in [5.41, 5.74) is 3.99. The maximum atomic E-state index is 11.9. The van der Waals surface area contributed by atoms with Crippen LogP contribution in [0.4, 0.5) is 0 Å². The van der Waals surface area contributed by atoms with Crippen LogP contribution in [0, 0.1) is 20.8 Å². The van der Waals surface area contributed by atoms with Gasteiger partial charge in [0.05, 0.1) is 11.8 Å². The van der Waals surface area contributed by atoms with Crippen molar-refractivity contribution in [1.29, 1.82) is 0 Å². The Labute approximate surface area is 153 Å². The Morgan fingerprint density at radius 1 is 1.08 bits per heavy atom. The molecule has 0 bridgehead atoms. The molecule has 0 atom stereocenters.